The van der Waals surface area contributed by atoms with E-state index in [2.05, 4.69) is 12.2 Å². The number of nitrogens with one attached hydrogen (secondary N) is 1. The third-order valence-corrected chi connectivity index (χ3v) is 6.89. The number of anilines is 1. The summed E-state index contributed by atoms with van der Waals surface area (Å²) in [6, 6.07) is 4.77. The molecule has 2 aliphatic rings. The van der Waals surface area contributed by atoms with Gasteiger partial charge in [0.1, 0.15) is 0 Å². The lowest BCUT2D eigenvalue weighted by Crippen LogP contribution is -2.42. The summed E-state index contributed by atoms with van der Waals surface area (Å²) in [5.74, 6) is -0.435. The van der Waals surface area contributed by atoms with E-state index < -0.39 is 16.0 Å². The maximum absolute atomic E-state index is 12.3. The van der Waals surface area contributed by atoms with Crippen LogP contribution >= 0.6 is 0 Å². The van der Waals surface area contributed by atoms with Crippen molar-refractivity contribution in [3.63, 3.8) is 0 Å². The van der Waals surface area contributed by atoms with Gasteiger partial charge in [-0.3, -0.25) is 9.10 Å². The van der Waals surface area contributed by atoms with Gasteiger partial charge in [-0.05, 0) is 55.9 Å². The minimum Gasteiger partial charge on any atom is -0.452 e. The van der Waals surface area contributed by atoms with E-state index >= 15 is 0 Å². The average Bonchev–Trinajstić information content (AvgIpc) is 2.96. The first-order chi connectivity index (χ1) is 13.2. The molecule has 1 fully saturated rings. The number of nitrogens with zero attached hydrogens (tertiary/aromatic N) is 1. The number of carbonyl (C=O) groups excluding carboxylic acids is 2. The molecule has 1 aliphatic carbocycles. The van der Waals surface area contributed by atoms with Gasteiger partial charge in [-0.25, -0.2) is 13.2 Å². The molecule has 0 saturated heterocycles. The number of fused-ring (bicyclic) bond motifs is 1. The van der Waals surface area contributed by atoms with Gasteiger partial charge in [0.25, 0.3) is 5.91 Å². The molecule has 1 aliphatic heterocycles. The molecule has 3 atom stereocenters. The van der Waals surface area contributed by atoms with E-state index in [9.17, 15) is 18.0 Å². The Bertz CT molecular complexity index is 867. The minimum absolute atomic E-state index is 0.142. The fourth-order valence-corrected chi connectivity index (χ4v) is 5.49. The van der Waals surface area contributed by atoms with E-state index in [0.29, 0.717) is 23.6 Å². The molecule has 7 nitrogen and oxygen atoms in total. The van der Waals surface area contributed by atoms with Gasteiger partial charge in [-0.1, -0.05) is 19.8 Å². The van der Waals surface area contributed by atoms with Crippen LogP contribution in [0.3, 0.4) is 0 Å². The van der Waals surface area contributed by atoms with Gasteiger partial charge in [-0.2, -0.15) is 0 Å². The van der Waals surface area contributed by atoms with Crippen molar-refractivity contribution in [3.8, 4) is 0 Å². The first-order valence-corrected chi connectivity index (χ1v) is 11.6. The summed E-state index contributed by atoms with van der Waals surface area (Å²) in [5.41, 5.74) is 1.70. The smallest absolute Gasteiger partial charge is 0.338 e. The number of benzene rings is 1. The van der Waals surface area contributed by atoms with Crippen LogP contribution in [-0.4, -0.2) is 45.2 Å². The first-order valence-electron chi connectivity index (χ1n) is 9.75. The molecule has 1 heterocycles. The van der Waals surface area contributed by atoms with E-state index in [1.165, 1.54) is 17.0 Å². The number of ether oxygens (including phenoxy) is 1. The van der Waals surface area contributed by atoms with Gasteiger partial charge >= 0.3 is 5.97 Å². The fourth-order valence-electron chi connectivity index (χ4n) is 4.23. The molecule has 1 aromatic carbocycles. The lowest BCUT2D eigenvalue weighted by atomic mass is 9.86. The molecule has 0 spiro atoms. The maximum atomic E-state index is 12.3. The molecule has 3 rings (SSSR count). The summed E-state index contributed by atoms with van der Waals surface area (Å²) in [6.45, 7) is 3.64. The number of amides is 1. The van der Waals surface area contributed by atoms with Crippen LogP contribution in [0.5, 0.6) is 0 Å². The molecular weight excluding hydrogens is 380 g/mol. The Balaban J connectivity index is 1.60. The van der Waals surface area contributed by atoms with E-state index in [-0.39, 0.29) is 24.6 Å². The van der Waals surface area contributed by atoms with E-state index in [1.54, 1.807) is 18.2 Å². The highest BCUT2D eigenvalue weighted by atomic mass is 32.2. The molecule has 0 unspecified atom stereocenters. The standard InChI is InChI=1S/C20H28N2O5S/c1-13-6-4-5-7-17(13)21-19(23)12-27-20(24)15-8-9-18-16(11-15)10-14(2)22(18)28(3,25)26/h8-9,11,13-14,17H,4-7,10,12H2,1-3H3,(H,21,23)/t13-,14-,17-/m0/s1. The summed E-state index contributed by atoms with van der Waals surface area (Å²) < 4.78 is 30.5. The average molecular weight is 409 g/mol. The summed E-state index contributed by atoms with van der Waals surface area (Å²) in [7, 11) is -3.37. The van der Waals surface area contributed by atoms with Crippen LogP contribution in [0.4, 0.5) is 5.69 Å². The number of hydrogen-bond acceptors (Lipinski definition) is 5. The maximum Gasteiger partial charge on any atom is 0.338 e. The molecule has 1 aromatic rings. The molecule has 28 heavy (non-hydrogen) atoms. The monoisotopic (exact) mass is 408 g/mol. The second-order valence-electron chi connectivity index (χ2n) is 7.97. The third kappa shape index (κ3) is 4.48. The Kier molecular flexibility index (Phi) is 5.98. The molecular formula is C20H28N2O5S. The molecule has 0 aromatic heterocycles. The molecule has 1 amide bonds. The molecule has 154 valence electrons. The fraction of sp³-hybridized carbons (Fsp3) is 0.600. The molecule has 1 N–H and O–H groups in total. The van der Waals surface area contributed by atoms with Gasteiger partial charge in [0.05, 0.1) is 17.5 Å². The van der Waals surface area contributed by atoms with Crippen LogP contribution in [0, 0.1) is 5.92 Å². The van der Waals surface area contributed by atoms with Crippen LogP contribution in [0.2, 0.25) is 0 Å². The Morgan fingerprint density at radius 2 is 1.93 bits per heavy atom. The van der Waals surface area contributed by atoms with E-state index in [4.69, 9.17) is 4.74 Å². The number of esters is 1. The van der Waals surface area contributed by atoms with Gasteiger partial charge in [0.15, 0.2) is 6.61 Å². The highest BCUT2D eigenvalue weighted by Crippen LogP contribution is 2.34. The number of carbonyl (C=O) groups is 2. The number of rotatable bonds is 5. The highest BCUT2D eigenvalue weighted by Gasteiger charge is 2.33. The van der Waals surface area contributed by atoms with Crippen molar-refractivity contribution >= 4 is 27.6 Å². The molecule has 8 heteroatoms. The van der Waals surface area contributed by atoms with Crippen LogP contribution < -0.4 is 9.62 Å². The quantitative estimate of drug-likeness (QED) is 0.755. The third-order valence-electron chi connectivity index (χ3n) is 5.62. The molecule has 0 radical (unpaired) electrons. The first kappa shape index (κ1) is 20.6. The van der Waals surface area contributed by atoms with Crippen LogP contribution in [0.15, 0.2) is 18.2 Å². The van der Waals surface area contributed by atoms with Gasteiger partial charge in [-0.15, -0.1) is 0 Å². The molecule has 0 bridgehead atoms. The zero-order valence-electron chi connectivity index (χ0n) is 16.6. The summed E-state index contributed by atoms with van der Waals surface area (Å²) in [4.78, 5) is 24.4. The predicted molar refractivity (Wildman–Crippen MR) is 107 cm³/mol. The largest absolute Gasteiger partial charge is 0.452 e. The number of sulfonamides is 1. The van der Waals surface area contributed by atoms with Gasteiger partial charge in [0, 0.05) is 12.1 Å². The lowest BCUT2D eigenvalue weighted by Gasteiger charge is -2.29. The van der Waals surface area contributed by atoms with Crippen molar-refractivity contribution < 1.29 is 22.7 Å². The highest BCUT2D eigenvalue weighted by molar-refractivity contribution is 7.92. The van der Waals surface area contributed by atoms with Crippen molar-refractivity contribution in [2.45, 2.75) is 58.0 Å². The Labute approximate surface area is 166 Å². The lowest BCUT2D eigenvalue weighted by molar-refractivity contribution is -0.125. The van der Waals surface area contributed by atoms with Gasteiger partial charge < -0.3 is 10.1 Å². The second kappa shape index (κ2) is 8.11. The SMILES string of the molecule is C[C@H]1CCCC[C@@H]1NC(=O)COC(=O)c1ccc2c(c1)C[C@H](C)N2S(C)(=O)=O. The predicted octanol–water partition coefficient (Wildman–Crippen LogP) is 2.25. The van der Waals surface area contributed by atoms with E-state index in [1.807, 2.05) is 6.92 Å². The molecule has 1 saturated carbocycles. The van der Waals surface area contributed by atoms with Crippen molar-refractivity contribution in [2.24, 2.45) is 5.92 Å². The van der Waals surface area contributed by atoms with Crippen LogP contribution in [0.25, 0.3) is 0 Å². The zero-order valence-corrected chi connectivity index (χ0v) is 17.4. The number of hydrogen-bond donors (Lipinski definition) is 1. The van der Waals surface area contributed by atoms with Crippen molar-refractivity contribution in [3.05, 3.63) is 29.3 Å². The van der Waals surface area contributed by atoms with Crippen molar-refractivity contribution in [1.82, 2.24) is 5.32 Å². The second-order valence-corrected chi connectivity index (χ2v) is 9.83. The van der Waals surface area contributed by atoms with Crippen LogP contribution in [-0.2, 0) is 26.0 Å². The van der Waals surface area contributed by atoms with Gasteiger partial charge in [0.2, 0.25) is 10.0 Å². The summed E-state index contributed by atoms with van der Waals surface area (Å²) in [5, 5.41) is 2.96. The normalized spacial score (nSPS) is 24.5. The zero-order chi connectivity index (χ0) is 20.5. The summed E-state index contributed by atoms with van der Waals surface area (Å²) in [6.07, 6.45) is 6.06. The Morgan fingerprint density at radius 3 is 2.61 bits per heavy atom. The summed E-state index contributed by atoms with van der Waals surface area (Å²) >= 11 is 0. The van der Waals surface area contributed by atoms with E-state index in [0.717, 1.165) is 24.8 Å². The van der Waals surface area contributed by atoms with Crippen molar-refractivity contribution in [1.29, 1.82) is 0 Å². The van der Waals surface area contributed by atoms with Crippen LogP contribution in [0.1, 0.15) is 55.5 Å². The Morgan fingerprint density at radius 1 is 1.21 bits per heavy atom. The topological polar surface area (TPSA) is 92.8 Å². The van der Waals surface area contributed by atoms with Crippen molar-refractivity contribution in [2.75, 3.05) is 17.2 Å². The Hall–Kier alpha value is -2.09. The minimum atomic E-state index is -3.37.